The lowest BCUT2D eigenvalue weighted by Crippen LogP contribution is -2.39. The first-order valence-corrected chi connectivity index (χ1v) is 10.2. The van der Waals surface area contributed by atoms with Crippen LogP contribution in [-0.2, 0) is 23.3 Å². The van der Waals surface area contributed by atoms with Crippen LogP contribution in [0.4, 0.5) is 0 Å². The van der Waals surface area contributed by atoms with Crippen molar-refractivity contribution >= 4 is 11.8 Å². The third-order valence-corrected chi connectivity index (χ3v) is 5.05. The average molecular weight is 421 g/mol. The second-order valence-corrected chi connectivity index (χ2v) is 8.47. The van der Waals surface area contributed by atoms with E-state index in [-0.39, 0.29) is 42.6 Å². The molecule has 2 aromatic carbocycles. The summed E-state index contributed by atoms with van der Waals surface area (Å²) in [6.45, 7) is 6.60. The van der Waals surface area contributed by atoms with Crippen LogP contribution in [0.2, 0.25) is 0 Å². The summed E-state index contributed by atoms with van der Waals surface area (Å²) in [6.07, 6.45) is 1.54. The Morgan fingerprint density at radius 3 is 2.29 bits per heavy atom. The van der Waals surface area contributed by atoms with Crippen molar-refractivity contribution in [2.24, 2.45) is 0 Å². The van der Waals surface area contributed by atoms with Crippen LogP contribution in [0.3, 0.4) is 0 Å². The Morgan fingerprint density at radius 1 is 0.968 bits per heavy atom. The number of rotatable bonds is 7. The number of para-hydroxylation sites is 1. The fourth-order valence-electron chi connectivity index (χ4n) is 3.16. The summed E-state index contributed by atoms with van der Waals surface area (Å²) in [4.78, 5) is 27.0. The molecule has 0 radical (unpaired) electrons. The number of hydrogen-bond donors (Lipinski definition) is 2. The van der Waals surface area contributed by atoms with Crippen LogP contribution >= 0.6 is 0 Å². The van der Waals surface area contributed by atoms with E-state index >= 15 is 0 Å². The van der Waals surface area contributed by atoms with Crippen molar-refractivity contribution in [1.82, 2.24) is 10.2 Å². The Kier molecular flexibility index (Phi) is 6.80. The van der Waals surface area contributed by atoms with Gasteiger partial charge in [-0.3, -0.25) is 9.59 Å². The highest BCUT2D eigenvalue weighted by Gasteiger charge is 2.19. The lowest BCUT2D eigenvalue weighted by molar-refractivity contribution is -0.131. The Balaban J connectivity index is 1.66. The average Bonchev–Trinajstić information content (AvgIpc) is 3.25. The predicted molar refractivity (Wildman–Crippen MR) is 119 cm³/mol. The molecule has 3 rings (SSSR count). The number of amides is 2. The van der Waals surface area contributed by atoms with Crippen molar-refractivity contribution in [3.05, 3.63) is 89.4 Å². The van der Waals surface area contributed by atoms with E-state index in [1.807, 2.05) is 12.1 Å². The zero-order chi connectivity index (χ0) is 22.4. The molecule has 0 aliphatic heterocycles. The standard InChI is InChI=1S/C25H28N2O4/c1-25(2,3)20-12-10-18(11-13-20)24(30)26-15-23(29)27(17-21-8-6-14-31-21)16-19-7-4-5-9-22(19)28/h4-14,28H,15-17H2,1-3H3,(H,26,30). The molecule has 162 valence electrons. The van der Waals surface area contributed by atoms with Gasteiger partial charge in [0, 0.05) is 17.7 Å². The monoisotopic (exact) mass is 420 g/mol. The van der Waals surface area contributed by atoms with Crippen molar-refractivity contribution in [2.75, 3.05) is 6.54 Å². The summed E-state index contributed by atoms with van der Waals surface area (Å²) in [5, 5.41) is 12.8. The molecule has 2 amide bonds. The Bertz CT molecular complexity index is 1020. The van der Waals surface area contributed by atoms with Crippen LogP contribution < -0.4 is 5.32 Å². The number of furan rings is 1. The van der Waals surface area contributed by atoms with Gasteiger partial charge in [0.15, 0.2) is 0 Å². The predicted octanol–water partition coefficient (Wildman–Crippen LogP) is 4.24. The molecule has 1 heterocycles. The van der Waals surface area contributed by atoms with E-state index in [0.717, 1.165) is 5.56 Å². The molecular formula is C25H28N2O4. The van der Waals surface area contributed by atoms with Crippen molar-refractivity contribution in [1.29, 1.82) is 0 Å². The minimum atomic E-state index is -0.311. The summed E-state index contributed by atoms with van der Waals surface area (Å²) in [5.41, 5.74) is 2.25. The highest BCUT2D eigenvalue weighted by Crippen LogP contribution is 2.22. The third kappa shape index (κ3) is 5.98. The molecular weight excluding hydrogens is 392 g/mol. The van der Waals surface area contributed by atoms with Gasteiger partial charge in [-0.2, -0.15) is 0 Å². The molecule has 31 heavy (non-hydrogen) atoms. The van der Waals surface area contributed by atoms with Gasteiger partial charge in [0.05, 0.1) is 19.4 Å². The highest BCUT2D eigenvalue weighted by atomic mass is 16.3. The molecule has 6 heteroatoms. The number of phenols is 1. The normalized spacial score (nSPS) is 11.2. The van der Waals surface area contributed by atoms with E-state index in [0.29, 0.717) is 16.9 Å². The molecule has 0 bridgehead atoms. The van der Waals surface area contributed by atoms with Gasteiger partial charge in [-0.05, 0) is 41.3 Å². The van der Waals surface area contributed by atoms with Gasteiger partial charge in [-0.25, -0.2) is 0 Å². The SMILES string of the molecule is CC(C)(C)c1ccc(C(=O)NCC(=O)N(Cc2ccco2)Cc2ccccc2O)cc1. The number of nitrogens with one attached hydrogen (secondary N) is 1. The first kappa shape index (κ1) is 22.2. The maximum atomic E-state index is 12.9. The van der Waals surface area contributed by atoms with Crippen LogP contribution in [0.15, 0.2) is 71.3 Å². The number of benzene rings is 2. The number of nitrogens with zero attached hydrogens (tertiary/aromatic N) is 1. The van der Waals surface area contributed by atoms with Crippen molar-refractivity contribution in [3.63, 3.8) is 0 Å². The summed E-state index contributed by atoms with van der Waals surface area (Å²) < 4.78 is 5.37. The third-order valence-electron chi connectivity index (χ3n) is 5.05. The number of phenolic OH excluding ortho intramolecular Hbond substituents is 1. The minimum Gasteiger partial charge on any atom is -0.508 e. The molecule has 0 unspecified atom stereocenters. The van der Waals surface area contributed by atoms with E-state index in [9.17, 15) is 14.7 Å². The van der Waals surface area contributed by atoms with Crippen molar-refractivity contribution in [2.45, 2.75) is 39.3 Å². The molecule has 0 spiro atoms. The summed E-state index contributed by atoms with van der Waals surface area (Å²) in [5.74, 6) is 0.143. The van der Waals surface area contributed by atoms with E-state index in [2.05, 4.69) is 26.1 Å². The number of hydrogen-bond acceptors (Lipinski definition) is 4. The van der Waals surface area contributed by atoms with Crippen LogP contribution in [0.25, 0.3) is 0 Å². The minimum absolute atomic E-state index is 0.000320. The lowest BCUT2D eigenvalue weighted by atomic mass is 9.87. The Labute approximate surface area is 182 Å². The summed E-state index contributed by atoms with van der Waals surface area (Å²) in [7, 11) is 0. The first-order valence-electron chi connectivity index (χ1n) is 10.2. The largest absolute Gasteiger partial charge is 0.508 e. The van der Waals surface area contributed by atoms with E-state index < -0.39 is 0 Å². The maximum Gasteiger partial charge on any atom is 0.251 e. The Hall–Kier alpha value is -3.54. The first-order chi connectivity index (χ1) is 14.7. The van der Waals surface area contributed by atoms with E-state index in [4.69, 9.17) is 4.42 Å². The van der Waals surface area contributed by atoms with Gasteiger partial charge >= 0.3 is 0 Å². The molecule has 3 aromatic rings. The number of carbonyl (C=O) groups is 2. The highest BCUT2D eigenvalue weighted by molar-refractivity contribution is 5.96. The second kappa shape index (κ2) is 9.51. The molecule has 2 N–H and O–H groups in total. The lowest BCUT2D eigenvalue weighted by Gasteiger charge is -2.22. The van der Waals surface area contributed by atoms with E-state index in [1.165, 1.54) is 4.90 Å². The van der Waals surface area contributed by atoms with Gasteiger partial charge in [-0.15, -0.1) is 0 Å². The van der Waals surface area contributed by atoms with Crippen LogP contribution in [0.5, 0.6) is 5.75 Å². The van der Waals surface area contributed by atoms with E-state index in [1.54, 1.807) is 54.8 Å². The van der Waals surface area contributed by atoms with Crippen LogP contribution in [0.1, 0.15) is 48.0 Å². The topological polar surface area (TPSA) is 82.8 Å². The number of carbonyl (C=O) groups excluding carboxylic acids is 2. The molecule has 0 fully saturated rings. The fraction of sp³-hybridized carbons (Fsp3) is 0.280. The van der Waals surface area contributed by atoms with Gasteiger partial charge in [-0.1, -0.05) is 51.1 Å². The van der Waals surface area contributed by atoms with Gasteiger partial charge < -0.3 is 19.7 Å². The van der Waals surface area contributed by atoms with Gasteiger partial charge in [0.2, 0.25) is 5.91 Å². The zero-order valence-corrected chi connectivity index (χ0v) is 18.1. The quantitative estimate of drug-likeness (QED) is 0.599. The molecule has 6 nitrogen and oxygen atoms in total. The maximum absolute atomic E-state index is 12.9. The van der Waals surface area contributed by atoms with Crippen LogP contribution in [0, 0.1) is 0 Å². The molecule has 0 saturated heterocycles. The number of aromatic hydroxyl groups is 1. The smallest absolute Gasteiger partial charge is 0.251 e. The Morgan fingerprint density at radius 2 is 1.68 bits per heavy atom. The van der Waals surface area contributed by atoms with Gasteiger partial charge in [0.1, 0.15) is 11.5 Å². The van der Waals surface area contributed by atoms with Gasteiger partial charge in [0.25, 0.3) is 5.91 Å². The summed E-state index contributed by atoms with van der Waals surface area (Å²) in [6, 6.07) is 17.8. The molecule has 0 aliphatic carbocycles. The molecule has 0 saturated carbocycles. The molecule has 1 aromatic heterocycles. The van der Waals surface area contributed by atoms with Crippen molar-refractivity contribution < 1.29 is 19.1 Å². The van der Waals surface area contributed by atoms with Crippen molar-refractivity contribution in [3.8, 4) is 5.75 Å². The summed E-state index contributed by atoms with van der Waals surface area (Å²) >= 11 is 0. The zero-order valence-electron chi connectivity index (χ0n) is 18.1. The van der Waals surface area contributed by atoms with Crippen LogP contribution in [-0.4, -0.2) is 28.4 Å². The second-order valence-electron chi connectivity index (χ2n) is 8.47. The molecule has 0 aliphatic rings. The fourth-order valence-corrected chi connectivity index (χ4v) is 3.16. The molecule has 0 atom stereocenters.